The van der Waals surface area contributed by atoms with Gasteiger partial charge >= 0.3 is 0 Å². The van der Waals surface area contributed by atoms with Crippen LogP contribution in [0.5, 0.6) is 0 Å². The Balaban J connectivity index is 1.91. The zero-order valence-corrected chi connectivity index (χ0v) is 9.84. The first kappa shape index (κ1) is 12.1. The number of benzene rings is 1. The Bertz CT molecular complexity index is 367. The minimum atomic E-state index is -0.409. The first-order chi connectivity index (χ1) is 8.27. The molecule has 2 N–H and O–H groups in total. The number of hydrogen-bond donors (Lipinski definition) is 1. The van der Waals surface area contributed by atoms with E-state index in [0.29, 0.717) is 13.2 Å². The lowest BCUT2D eigenvalue weighted by Crippen LogP contribution is -2.42. The topological polar surface area (TPSA) is 55.6 Å². The molecule has 1 atom stereocenters. The van der Waals surface area contributed by atoms with Crippen molar-refractivity contribution in [2.24, 2.45) is 5.73 Å². The van der Waals surface area contributed by atoms with Gasteiger partial charge in [-0.3, -0.25) is 9.63 Å². The molecule has 2 rings (SSSR count). The predicted molar refractivity (Wildman–Crippen MR) is 64.8 cm³/mol. The summed E-state index contributed by atoms with van der Waals surface area (Å²) in [5.41, 5.74) is 6.82. The molecule has 1 aromatic carbocycles. The van der Waals surface area contributed by atoms with Crippen LogP contribution >= 0.6 is 0 Å². The van der Waals surface area contributed by atoms with Crippen LogP contribution in [0.4, 0.5) is 0 Å². The number of carbonyl (C=O) groups excluding carboxylic acids is 1. The molecule has 0 radical (unpaired) electrons. The van der Waals surface area contributed by atoms with Crippen LogP contribution in [0.1, 0.15) is 24.8 Å². The van der Waals surface area contributed by atoms with E-state index in [-0.39, 0.29) is 5.91 Å². The van der Waals surface area contributed by atoms with Crippen LogP contribution in [0.25, 0.3) is 0 Å². The fourth-order valence-electron chi connectivity index (χ4n) is 1.89. The van der Waals surface area contributed by atoms with Gasteiger partial charge in [0.15, 0.2) is 0 Å². The number of amides is 1. The van der Waals surface area contributed by atoms with Gasteiger partial charge in [-0.2, -0.15) is 0 Å². The maximum atomic E-state index is 11.8. The maximum Gasteiger partial charge on any atom is 0.263 e. The molecule has 1 saturated heterocycles. The van der Waals surface area contributed by atoms with Crippen molar-refractivity contribution >= 4 is 5.91 Å². The molecule has 4 nitrogen and oxygen atoms in total. The molecule has 1 aliphatic heterocycles. The van der Waals surface area contributed by atoms with E-state index >= 15 is 0 Å². The number of rotatable bonds is 3. The SMILES string of the molecule is NC1CCCCN(OCc2ccccc2)C1=O. The van der Waals surface area contributed by atoms with E-state index in [4.69, 9.17) is 10.6 Å². The first-order valence-electron chi connectivity index (χ1n) is 6.01. The molecule has 1 unspecified atom stereocenters. The molecule has 0 spiro atoms. The lowest BCUT2D eigenvalue weighted by molar-refractivity contribution is -0.191. The lowest BCUT2D eigenvalue weighted by atomic mass is 10.1. The summed E-state index contributed by atoms with van der Waals surface area (Å²) < 4.78 is 0. The summed E-state index contributed by atoms with van der Waals surface area (Å²) in [6, 6.07) is 9.40. The third kappa shape index (κ3) is 3.28. The van der Waals surface area contributed by atoms with Crippen LogP contribution in [0.3, 0.4) is 0 Å². The van der Waals surface area contributed by atoms with Gasteiger partial charge < -0.3 is 5.73 Å². The van der Waals surface area contributed by atoms with Crippen LogP contribution in [0.2, 0.25) is 0 Å². The van der Waals surface area contributed by atoms with Crippen molar-refractivity contribution in [1.82, 2.24) is 5.06 Å². The average molecular weight is 234 g/mol. The normalized spacial score (nSPS) is 21.4. The minimum Gasteiger partial charge on any atom is -0.320 e. The van der Waals surface area contributed by atoms with Gasteiger partial charge in [0.2, 0.25) is 0 Å². The summed E-state index contributed by atoms with van der Waals surface area (Å²) in [6.45, 7) is 1.05. The Kier molecular flexibility index (Phi) is 4.12. The van der Waals surface area contributed by atoms with Crippen LogP contribution < -0.4 is 5.73 Å². The van der Waals surface area contributed by atoms with Crippen molar-refractivity contribution < 1.29 is 9.63 Å². The number of nitrogens with zero attached hydrogens (tertiary/aromatic N) is 1. The van der Waals surface area contributed by atoms with Crippen LogP contribution in [-0.4, -0.2) is 23.6 Å². The smallest absolute Gasteiger partial charge is 0.263 e. The molecule has 0 aromatic heterocycles. The summed E-state index contributed by atoms with van der Waals surface area (Å²) in [6.07, 6.45) is 2.69. The molecule has 1 heterocycles. The molecular formula is C13H18N2O2. The van der Waals surface area contributed by atoms with E-state index in [9.17, 15) is 4.79 Å². The Hall–Kier alpha value is -1.39. The van der Waals surface area contributed by atoms with Crippen molar-refractivity contribution in [2.45, 2.75) is 31.9 Å². The summed E-state index contributed by atoms with van der Waals surface area (Å²) in [5, 5.41) is 1.42. The molecule has 1 aliphatic rings. The number of carbonyl (C=O) groups is 1. The molecule has 1 aromatic rings. The van der Waals surface area contributed by atoms with Crippen molar-refractivity contribution in [2.75, 3.05) is 6.54 Å². The van der Waals surface area contributed by atoms with E-state index < -0.39 is 6.04 Å². The van der Waals surface area contributed by atoms with Crippen molar-refractivity contribution in [3.05, 3.63) is 35.9 Å². The highest BCUT2D eigenvalue weighted by molar-refractivity contribution is 5.80. The van der Waals surface area contributed by atoms with Gasteiger partial charge in [-0.25, -0.2) is 5.06 Å². The van der Waals surface area contributed by atoms with Gasteiger partial charge in [-0.1, -0.05) is 30.3 Å². The second-order valence-electron chi connectivity index (χ2n) is 4.30. The fraction of sp³-hybridized carbons (Fsp3) is 0.462. The highest BCUT2D eigenvalue weighted by atomic mass is 16.7. The van der Waals surface area contributed by atoms with E-state index in [2.05, 4.69) is 0 Å². The Morgan fingerprint density at radius 3 is 2.82 bits per heavy atom. The summed E-state index contributed by atoms with van der Waals surface area (Å²) in [5.74, 6) is -0.0987. The lowest BCUT2D eigenvalue weighted by Gasteiger charge is -2.21. The van der Waals surface area contributed by atoms with Gasteiger partial charge in [0.25, 0.3) is 5.91 Å². The molecule has 0 aliphatic carbocycles. The second-order valence-corrected chi connectivity index (χ2v) is 4.30. The van der Waals surface area contributed by atoms with E-state index in [1.807, 2.05) is 30.3 Å². The largest absolute Gasteiger partial charge is 0.320 e. The highest BCUT2D eigenvalue weighted by Crippen LogP contribution is 2.12. The van der Waals surface area contributed by atoms with Gasteiger partial charge in [0.05, 0.1) is 6.04 Å². The molecule has 4 heteroatoms. The molecule has 0 bridgehead atoms. The van der Waals surface area contributed by atoms with Gasteiger partial charge in [0, 0.05) is 6.54 Å². The average Bonchev–Trinajstić information content (AvgIpc) is 2.52. The standard InChI is InChI=1S/C13H18N2O2/c14-12-8-4-5-9-15(13(12)16)17-10-11-6-2-1-3-7-11/h1-3,6-7,12H,4-5,8-10,14H2. The predicted octanol–water partition coefficient (Wildman–Crippen LogP) is 1.46. The number of hydroxylamine groups is 2. The Labute approximate surface area is 101 Å². The number of hydrogen-bond acceptors (Lipinski definition) is 3. The molecule has 0 saturated carbocycles. The molecular weight excluding hydrogens is 216 g/mol. The van der Waals surface area contributed by atoms with Gasteiger partial charge in [-0.15, -0.1) is 0 Å². The fourth-order valence-corrected chi connectivity index (χ4v) is 1.89. The summed E-state index contributed by atoms with van der Waals surface area (Å²) >= 11 is 0. The Morgan fingerprint density at radius 1 is 1.29 bits per heavy atom. The van der Waals surface area contributed by atoms with E-state index in [1.54, 1.807) is 0 Å². The molecule has 1 fully saturated rings. The number of nitrogens with two attached hydrogens (primary N) is 1. The molecule has 17 heavy (non-hydrogen) atoms. The second kappa shape index (κ2) is 5.80. The maximum absolute atomic E-state index is 11.8. The summed E-state index contributed by atoms with van der Waals surface area (Å²) in [4.78, 5) is 17.4. The zero-order valence-electron chi connectivity index (χ0n) is 9.84. The zero-order chi connectivity index (χ0) is 12.1. The third-order valence-electron chi connectivity index (χ3n) is 2.92. The van der Waals surface area contributed by atoms with Crippen LogP contribution in [-0.2, 0) is 16.2 Å². The van der Waals surface area contributed by atoms with Crippen LogP contribution in [0, 0.1) is 0 Å². The highest BCUT2D eigenvalue weighted by Gasteiger charge is 2.24. The minimum absolute atomic E-state index is 0.0987. The monoisotopic (exact) mass is 234 g/mol. The molecule has 1 amide bonds. The summed E-state index contributed by atoms with van der Waals surface area (Å²) in [7, 11) is 0. The quantitative estimate of drug-likeness (QED) is 0.861. The van der Waals surface area contributed by atoms with Gasteiger partial charge in [0.1, 0.15) is 6.61 Å². The third-order valence-corrected chi connectivity index (χ3v) is 2.92. The van der Waals surface area contributed by atoms with Crippen LogP contribution in [0.15, 0.2) is 30.3 Å². The van der Waals surface area contributed by atoms with Gasteiger partial charge in [-0.05, 0) is 24.8 Å². The molecule has 92 valence electrons. The van der Waals surface area contributed by atoms with Crippen molar-refractivity contribution in [3.8, 4) is 0 Å². The van der Waals surface area contributed by atoms with Crippen molar-refractivity contribution in [1.29, 1.82) is 0 Å². The first-order valence-corrected chi connectivity index (χ1v) is 6.01. The van der Waals surface area contributed by atoms with E-state index in [1.165, 1.54) is 5.06 Å². The van der Waals surface area contributed by atoms with Crippen molar-refractivity contribution in [3.63, 3.8) is 0 Å². The van der Waals surface area contributed by atoms with E-state index in [0.717, 1.165) is 24.8 Å². The Morgan fingerprint density at radius 2 is 2.06 bits per heavy atom.